The summed E-state index contributed by atoms with van der Waals surface area (Å²) in [5.41, 5.74) is -0.291. The fourth-order valence-electron chi connectivity index (χ4n) is 3.46. The molecule has 0 spiro atoms. The topological polar surface area (TPSA) is 48.3 Å². The van der Waals surface area contributed by atoms with Crippen molar-refractivity contribution in [1.82, 2.24) is 10.2 Å². The number of hydrogen-bond donors (Lipinski definition) is 1. The Morgan fingerprint density at radius 3 is 2.89 bits per heavy atom. The maximum atomic E-state index is 9.41. The maximum absolute atomic E-state index is 9.41. The van der Waals surface area contributed by atoms with E-state index in [2.05, 4.69) is 30.3 Å². The Balaban J connectivity index is 1.83. The van der Waals surface area contributed by atoms with Crippen molar-refractivity contribution in [3.63, 3.8) is 0 Å². The van der Waals surface area contributed by atoms with Crippen LogP contribution in [0.15, 0.2) is 0 Å². The van der Waals surface area contributed by atoms with Gasteiger partial charge in [0.05, 0.1) is 12.2 Å². The van der Waals surface area contributed by atoms with Crippen LogP contribution in [0.5, 0.6) is 0 Å². The second kappa shape index (κ2) is 6.69. The van der Waals surface area contributed by atoms with Gasteiger partial charge in [0.2, 0.25) is 0 Å². The minimum Gasteiger partial charge on any atom is -0.377 e. The van der Waals surface area contributed by atoms with E-state index in [0.29, 0.717) is 12.1 Å². The van der Waals surface area contributed by atoms with Crippen molar-refractivity contribution in [2.45, 2.75) is 63.1 Å². The number of rotatable bonds is 5. The van der Waals surface area contributed by atoms with E-state index in [9.17, 15) is 5.26 Å². The molecule has 0 amide bonds. The summed E-state index contributed by atoms with van der Waals surface area (Å²) in [5, 5.41) is 12.8. The summed E-state index contributed by atoms with van der Waals surface area (Å²) in [6, 6.07) is 3.02. The van der Waals surface area contributed by atoms with E-state index >= 15 is 0 Å². The quantitative estimate of drug-likeness (QED) is 0.825. The van der Waals surface area contributed by atoms with Gasteiger partial charge in [-0.2, -0.15) is 5.26 Å². The van der Waals surface area contributed by atoms with Crippen LogP contribution in [0, 0.1) is 11.3 Å². The highest BCUT2D eigenvalue weighted by Crippen LogP contribution is 2.32. The zero-order valence-electron chi connectivity index (χ0n) is 12.3. The molecule has 1 saturated carbocycles. The highest BCUT2D eigenvalue weighted by molar-refractivity contribution is 5.13. The average molecular weight is 265 g/mol. The molecule has 3 atom stereocenters. The molecule has 0 aromatic heterocycles. The fourth-order valence-corrected chi connectivity index (χ4v) is 3.46. The summed E-state index contributed by atoms with van der Waals surface area (Å²) in [5.74, 6) is 0. The van der Waals surface area contributed by atoms with Crippen LogP contribution in [0.4, 0.5) is 0 Å². The van der Waals surface area contributed by atoms with Crippen LogP contribution < -0.4 is 5.32 Å². The van der Waals surface area contributed by atoms with Crippen molar-refractivity contribution in [3.8, 4) is 6.07 Å². The molecule has 3 unspecified atom stereocenters. The first-order chi connectivity index (χ1) is 9.19. The van der Waals surface area contributed by atoms with Gasteiger partial charge in [0.25, 0.3) is 0 Å². The molecule has 1 saturated heterocycles. The third-order valence-corrected chi connectivity index (χ3v) is 4.61. The second-order valence-electron chi connectivity index (χ2n) is 6.05. The van der Waals surface area contributed by atoms with Gasteiger partial charge >= 0.3 is 0 Å². The van der Waals surface area contributed by atoms with E-state index in [1.807, 2.05) is 0 Å². The van der Waals surface area contributed by atoms with E-state index in [4.69, 9.17) is 4.74 Å². The summed E-state index contributed by atoms with van der Waals surface area (Å²) in [7, 11) is 2.18. The Bertz CT molecular complexity index is 322. The molecule has 0 aromatic carbocycles. The fraction of sp³-hybridized carbons (Fsp3) is 0.933. The number of ether oxygens (including phenoxy) is 1. The third-order valence-electron chi connectivity index (χ3n) is 4.61. The Hall–Kier alpha value is -0.630. The van der Waals surface area contributed by atoms with Crippen LogP contribution in [0.2, 0.25) is 0 Å². The number of hydrogen-bond acceptors (Lipinski definition) is 4. The van der Waals surface area contributed by atoms with Gasteiger partial charge in [0, 0.05) is 19.2 Å². The molecule has 4 heteroatoms. The van der Waals surface area contributed by atoms with Crippen LogP contribution in [0.3, 0.4) is 0 Å². The molecule has 19 heavy (non-hydrogen) atoms. The zero-order valence-corrected chi connectivity index (χ0v) is 12.3. The Labute approximate surface area is 117 Å². The number of likely N-dealkylation sites (N-methyl/N-ethyl adjacent to an activating group) is 1. The van der Waals surface area contributed by atoms with Gasteiger partial charge < -0.3 is 9.64 Å². The Morgan fingerprint density at radius 1 is 1.42 bits per heavy atom. The van der Waals surface area contributed by atoms with Crippen molar-refractivity contribution in [2.24, 2.45) is 0 Å². The van der Waals surface area contributed by atoms with E-state index in [-0.39, 0.29) is 5.54 Å². The number of nitrogens with one attached hydrogen (secondary N) is 1. The number of nitrogens with zero attached hydrogens (tertiary/aromatic N) is 2. The van der Waals surface area contributed by atoms with Gasteiger partial charge in [-0.05, 0) is 52.1 Å². The van der Waals surface area contributed by atoms with Crippen molar-refractivity contribution in [3.05, 3.63) is 0 Å². The standard InChI is InChI=1S/C15H27N3O/c1-3-17-15(12-16)8-7-13(10-15)18(2)11-14-6-4-5-9-19-14/h13-14,17H,3-11H2,1-2H3. The first kappa shape index (κ1) is 14.8. The van der Waals surface area contributed by atoms with Crippen molar-refractivity contribution >= 4 is 0 Å². The lowest BCUT2D eigenvalue weighted by Gasteiger charge is -2.31. The van der Waals surface area contributed by atoms with Crippen molar-refractivity contribution in [1.29, 1.82) is 5.26 Å². The SMILES string of the molecule is CCNC1(C#N)CCC(N(C)CC2CCCCO2)C1. The van der Waals surface area contributed by atoms with Gasteiger partial charge in [-0.3, -0.25) is 5.32 Å². The summed E-state index contributed by atoms with van der Waals surface area (Å²) in [6.07, 6.45) is 7.12. The van der Waals surface area contributed by atoms with Crippen LogP contribution in [0.25, 0.3) is 0 Å². The Morgan fingerprint density at radius 2 is 2.26 bits per heavy atom. The molecule has 2 aliphatic rings. The van der Waals surface area contributed by atoms with Gasteiger partial charge in [-0.25, -0.2) is 0 Å². The number of nitriles is 1. The smallest absolute Gasteiger partial charge is 0.108 e. The predicted molar refractivity (Wildman–Crippen MR) is 75.9 cm³/mol. The molecule has 1 heterocycles. The molecule has 2 fully saturated rings. The molecule has 1 N–H and O–H groups in total. The van der Waals surface area contributed by atoms with E-state index in [1.54, 1.807) is 0 Å². The van der Waals surface area contributed by atoms with Crippen molar-refractivity contribution < 1.29 is 4.74 Å². The summed E-state index contributed by atoms with van der Waals surface area (Å²) in [4.78, 5) is 2.41. The summed E-state index contributed by atoms with van der Waals surface area (Å²) in [6.45, 7) is 4.88. The van der Waals surface area contributed by atoms with Crippen LogP contribution in [-0.2, 0) is 4.74 Å². The van der Waals surface area contributed by atoms with Crippen LogP contribution >= 0.6 is 0 Å². The maximum Gasteiger partial charge on any atom is 0.108 e. The summed E-state index contributed by atoms with van der Waals surface area (Å²) < 4.78 is 5.81. The normalized spacial score (nSPS) is 35.5. The van der Waals surface area contributed by atoms with E-state index < -0.39 is 0 Å². The largest absolute Gasteiger partial charge is 0.377 e. The molecule has 0 bridgehead atoms. The molecule has 1 aliphatic carbocycles. The van der Waals surface area contributed by atoms with E-state index in [0.717, 1.165) is 39.0 Å². The molecule has 0 aromatic rings. The minimum atomic E-state index is -0.291. The molecule has 1 aliphatic heterocycles. The average Bonchev–Trinajstić information content (AvgIpc) is 2.85. The van der Waals surface area contributed by atoms with Crippen molar-refractivity contribution in [2.75, 3.05) is 26.7 Å². The molecular formula is C15H27N3O. The minimum absolute atomic E-state index is 0.291. The molecule has 4 nitrogen and oxygen atoms in total. The first-order valence-corrected chi connectivity index (χ1v) is 7.67. The highest BCUT2D eigenvalue weighted by Gasteiger charge is 2.40. The summed E-state index contributed by atoms with van der Waals surface area (Å²) >= 11 is 0. The molecule has 108 valence electrons. The first-order valence-electron chi connectivity index (χ1n) is 7.67. The molecule has 2 rings (SSSR count). The van der Waals surface area contributed by atoms with Gasteiger partial charge in [0.15, 0.2) is 0 Å². The highest BCUT2D eigenvalue weighted by atomic mass is 16.5. The zero-order chi connectivity index (χ0) is 13.7. The second-order valence-corrected chi connectivity index (χ2v) is 6.05. The Kier molecular flexibility index (Phi) is 5.20. The lowest BCUT2D eigenvalue weighted by atomic mass is 9.99. The van der Waals surface area contributed by atoms with Crippen LogP contribution in [0.1, 0.15) is 45.4 Å². The lowest BCUT2D eigenvalue weighted by Crippen LogP contribution is -2.44. The van der Waals surface area contributed by atoms with E-state index in [1.165, 1.54) is 19.3 Å². The molecular weight excluding hydrogens is 238 g/mol. The predicted octanol–water partition coefficient (Wildman–Crippen LogP) is 1.91. The van der Waals surface area contributed by atoms with Gasteiger partial charge in [-0.15, -0.1) is 0 Å². The lowest BCUT2D eigenvalue weighted by molar-refractivity contribution is -0.00802. The molecule has 0 radical (unpaired) electrons. The van der Waals surface area contributed by atoms with Gasteiger partial charge in [-0.1, -0.05) is 6.92 Å². The van der Waals surface area contributed by atoms with Gasteiger partial charge in [0.1, 0.15) is 5.54 Å². The van der Waals surface area contributed by atoms with Crippen LogP contribution in [-0.4, -0.2) is 49.3 Å². The third kappa shape index (κ3) is 3.68. The monoisotopic (exact) mass is 265 g/mol.